The zero-order chi connectivity index (χ0) is 14.4. The minimum Gasteiger partial charge on any atom is -0.387 e. The topological polar surface area (TPSA) is 23.5 Å². The van der Waals surface area contributed by atoms with E-state index in [9.17, 15) is 5.11 Å². The molecule has 1 N–H and O–H groups in total. The monoisotopic (exact) mass is 271 g/mol. The summed E-state index contributed by atoms with van der Waals surface area (Å²) in [6, 6.07) is 10.2. The van der Waals surface area contributed by atoms with E-state index in [4.69, 9.17) is 6.42 Å². The van der Waals surface area contributed by atoms with Crippen LogP contribution < -0.4 is 0 Å². The van der Waals surface area contributed by atoms with E-state index in [0.29, 0.717) is 5.92 Å². The maximum Gasteiger partial charge on any atom is 0.0942 e. The van der Waals surface area contributed by atoms with Crippen molar-refractivity contribution in [3.05, 3.63) is 35.9 Å². The predicted molar refractivity (Wildman–Crippen MR) is 83.2 cm³/mol. The van der Waals surface area contributed by atoms with E-state index in [1.807, 2.05) is 30.3 Å². The first kappa shape index (κ1) is 15.1. The van der Waals surface area contributed by atoms with Gasteiger partial charge >= 0.3 is 0 Å². The molecule has 0 bridgehead atoms. The van der Waals surface area contributed by atoms with Crippen molar-refractivity contribution < 1.29 is 5.11 Å². The molecule has 0 aromatic heterocycles. The fourth-order valence-electron chi connectivity index (χ4n) is 2.53. The van der Waals surface area contributed by atoms with Gasteiger partial charge in [-0.3, -0.25) is 4.90 Å². The first-order chi connectivity index (χ1) is 9.72. The van der Waals surface area contributed by atoms with Crippen LogP contribution in [0.4, 0.5) is 0 Å². The Labute approximate surface area is 122 Å². The van der Waals surface area contributed by atoms with E-state index >= 15 is 0 Å². The second-order valence-corrected chi connectivity index (χ2v) is 5.78. The summed E-state index contributed by atoms with van der Waals surface area (Å²) in [7, 11) is 0. The summed E-state index contributed by atoms with van der Waals surface area (Å²) in [4.78, 5) is 2.37. The fraction of sp³-hybridized carbons (Fsp3) is 0.556. The Bertz CT molecular complexity index is 426. The van der Waals surface area contributed by atoms with Crippen LogP contribution in [0.25, 0.3) is 0 Å². The average Bonchev–Trinajstić information content (AvgIpc) is 3.20. The highest BCUT2D eigenvalue weighted by molar-refractivity contribution is 5.18. The minimum atomic E-state index is -0.357. The molecule has 1 unspecified atom stereocenters. The Kier molecular flexibility index (Phi) is 5.64. The van der Waals surface area contributed by atoms with E-state index in [0.717, 1.165) is 18.7 Å². The SMILES string of the molecule is C#CC1CC1.CC([C@H](O)c1ccccc1)N1CCCC1. The standard InChI is InChI=1S/C13H19NO.C5H6/c1-11(14-9-5-6-10-14)13(15)12-7-3-2-4-8-12;1-2-5-3-4-5/h2-4,7-8,11,13,15H,5-6,9-10H2,1H3;1,5H,3-4H2/t11?,13-;/m0./s1. The van der Waals surface area contributed by atoms with Crippen molar-refractivity contribution in [1.82, 2.24) is 4.90 Å². The van der Waals surface area contributed by atoms with E-state index in [2.05, 4.69) is 17.7 Å². The summed E-state index contributed by atoms with van der Waals surface area (Å²) in [5.41, 5.74) is 1.02. The van der Waals surface area contributed by atoms with Crippen LogP contribution in [0, 0.1) is 18.3 Å². The van der Waals surface area contributed by atoms with Gasteiger partial charge in [-0.05, 0) is 51.3 Å². The second kappa shape index (κ2) is 7.47. The Morgan fingerprint density at radius 1 is 1.20 bits per heavy atom. The molecule has 0 radical (unpaired) electrons. The molecule has 20 heavy (non-hydrogen) atoms. The third-order valence-corrected chi connectivity index (χ3v) is 4.13. The number of aliphatic hydroxyl groups is 1. The molecule has 1 saturated carbocycles. The number of hydrogen-bond donors (Lipinski definition) is 1. The molecular formula is C18H25NO. The number of likely N-dealkylation sites (tertiary alicyclic amines) is 1. The first-order valence-electron chi connectivity index (χ1n) is 7.65. The molecule has 1 aromatic rings. The lowest BCUT2D eigenvalue weighted by atomic mass is 10.0. The highest BCUT2D eigenvalue weighted by atomic mass is 16.3. The summed E-state index contributed by atoms with van der Waals surface area (Å²) >= 11 is 0. The molecule has 1 saturated heterocycles. The second-order valence-electron chi connectivity index (χ2n) is 5.78. The maximum atomic E-state index is 10.2. The minimum absolute atomic E-state index is 0.231. The number of benzene rings is 1. The molecule has 1 aromatic carbocycles. The number of hydrogen-bond acceptors (Lipinski definition) is 2. The van der Waals surface area contributed by atoms with Crippen LogP contribution in [0.2, 0.25) is 0 Å². The van der Waals surface area contributed by atoms with Crippen molar-refractivity contribution >= 4 is 0 Å². The van der Waals surface area contributed by atoms with Crippen molar-refractivity contribution in [2.45, 2.75) is 44.8 Å². The van der Waals surface area contributed by atoms with Crippen LogP contribution in [0.1, 0.15) is 44.3 Å². The molecule has 3 rings (SSSR count). The molecule has 2 aliphatic rings. The first-order valence-corrected chi connectivity index (χ1v) is 7.65. The van der Waals surface area contributed by atoms with Crippen LogP contribution in [0.5, 0.6) is 0 Å². The molecule has 1 aliphatic carbocycles. The lowest BCUT2D eigenvalue weighted by molar-refractivity contribution is 0.0716. The van der Waals surface area contributed by atoms with E-state index in [1.54, 1.807) is 0 Å². The van der Waals surface area contributed by atoms with Gasteiger partial charge in [0.1, 0.15) is 0 Å². The molecule has 2 atom stereocenters. The Hall–Kier alpha value is -1.30. The smallest absolute Gasteiger partial charge is 0.0942 e. The summed E-state index contributed by atoms with van der Waals surface area (Å²) in [5, 5.41) is 10.2. The van der Waals surface area contributed by atoms with Crippen LogP contribution >= 0.6 is 0 Å². The molecule has 0 amide bonds. The largest absolute Gasteiger partial charge is 0.387 e. The number of nitrogens with zero attached hydrogens (tertiary/aromatic N) is 1. The molecule has 1 aliphatic heterocycles. The number of aliphatic hydroxyl groups excluding tert-OH is 1. The highest BCUT2D eigenvalue weighted by Crippen LogP contribution is 2.26. The molecular weight excluding hydrogens is 246 g/mol. The van der Waals surface area contributed by atoms with Gasteiger partial charge in [0.25, 0.3) is 0 Å². The summed E-state index contributed by atoms with van der Waals surface area (Å²) in [6.07, 6.45) is 9.71. The van der Waals surface area contributed by atoms with Gasteiger partial charge in [-0.15, -0.1) is 12.3 Å². The van der Waals surface area contributed by atoms with Crippen molar-refractivity contribution in [1.29, 1.82) is 0 Å². The zero-order valence-electron chi connectivity index (χ0n) is 12.3. The average molecular weight is 271 g/mol. The van der Waals surface area contributed by atoms with Crippen molar-refractivity contribution in [3.8, 4) is 12.3 Å². The van der Waals surface area contributed by atoms with Crippen molar-refractivity contribution in [3.63, 3.8) is 0 Å². The number of rotatable bonds is 3. The van der Waals surface area contributed by atoms with Gasteiger partial charge in [0.15, 0.2) is 0 Å². The lowest BCUT2D eigenvalue weighted by Crippen LogP contribution is -2.35. The van der Waals surface area contributed by atoms with Gasteiger partial charge in [-0.25, -0.2) is 0 Å². The van der Waals surface area contributed by atoms with Gasteiger partial charge in [0.2, 0.25) is 0 Å². The molecule has 2 fully saturated rings. The third kappa shape index (κ3) is 4.37. The van der Waals surface area contributed by atoms with E-state index in [1.165, 1.54) is 25.7 Å². The van der Waals surface area contributed by atoms with Crippen molar-refractivity contribution in [2.24, 2.45) is 5.92 Å². The molecule has 1 heterocycles. The van der Waals surface area contributed by atoms with Crippen LogP contribution in [-0.4, -0.2) is 29.1 Å². The Morgan fingerprint density at radius 2 is 1.80 bits per heavy atom. The van der Waals surface area contributed by atoms with Crippen molar-refractivity contribution in [2.75, 3.05) is 13.1 Å². The Morgan fingerprint density at radius 3 is 2.25 bits per heavy atom. The van der Waals surface area contributed by atoms with Crippen LogP contribution in [-0.2, 0) is 0 Å². The lowest BCUT2D eigenvalue weighted by Gasteiger charge is -2.28. The maximum absolute atomic E-state index is 10.2. The summed E-state index contributed by atoms with van der Waals surface area (Å²) in [6.45, 7) is 4.37. The number of terminal acetylenes is 1. The van der Waals surface area contributed by atoms with Crippen LogP contribution in [0.15, 0.2) is 30.3 Å². The quantitative estimate of drug-likeness (QED) is 0.853. The van der Waals surface area contributed by atoms with E-state index in [-0.39, 0.29) is 12.1 Å². The molecule has 2 nitrogen and oxygen atoms in total. The summed E-state index contributed by atoms with van der Waals surface area (Å²) in [5.74, 6) is 3.30. The molecule has 108 valence electrons. The van der Waals surface area contributed by atoms with Gasteiger partial charge in [0, 0.05) is 12.0 Å². The molecule has 2 heteroatoms. The fourth-order valence-corrected chi connectivity index (χ4v) is 2.53. The van der Waals surface area contributed by atoms with Gasteiger partial charge in [-0.2, -0.15) is 0 Å². The van der Waals surface area contributed by atoms with Gasteiger partial charge < -0.3 is 5.11 Å². The van der Waals surface area contributed by atoms with Gasteiger partial charge in [0.05, 0.1) is 6.10 Å². The highest BCUT2D eigenvalue weighted by Gasteiger charge is 2.24. The zero-order valence-corrected chi connectivity index (χ0v) is 12.3. The normalized spacial score (nSPS) is 21.4. The Balaban J connectivity index is 0.000000247. The predicted octanol–water partition coefficient (Wildman–Crippen LogP) is 3.23. The third-order valence-electron chi connectivity index (χ3n) is 4.13. The van der Waals surface area contributed by atoms with Gasteiger partial charge in [-0.1, -0.05) is 30.3 Å². The molecule has 0 spiro atoms. The van der Waals surface area contributed by atoms with Crippen LogP contribution in [0.3, 0.4) is 0 Å². The van der Waals surface area contributed by atoms with E-state index < -0.39 is 0 Å². The summed E-state index contributed by atoms with van der Waals surface area (Å²) < 4.78 is 0.